The fraction of sp³-hybridized carbons (Fsp3) is 0.250. The highest BCUT2D eigenvalue weighted by atomic mass is 32.2. The van der Waals surface area contributed by atoms with Gasteiger partial charge in [-0.1, -0.05) is 29.8 Å². The predicted octanol–water partition coefficient (Wildman–Crippen LogP) is 4.07. The summed E-state index contributed by atoms with van der Waals surface area (Å²) >= 11 is 1.58. The summed E-state index contributed by atoms with van der Waals surface area (Å²) in [5, 5.41) is 10.5. The highest BCUT2D eigenvalue weighted by Gasteiger charge is 2.27. The van der Waals surface area contributed by atoms with Crippen molar-refractivity contribution in [3.8, 4) is 23.0 Å². The van der Waals surface area contributed by atoms with Crippen LogP contribution >= 0.6 is 11.8 Å². The number of aliphatic hydroxyl groups is 1. The highest BCUT2D eigenvalue weighted by Crippen LogP contribution is 2.42. The van der Waals surface area contributed by atoms with Crippen LogP contribution in [-0.2, 0) is 13.0 Å². The first-order valence-electron chi connectivity index (χ1n) is 8.38. The van der Waals surface area contributed by atoms with E-state index in [-0.39, 0.29) is 6.61 Å². The monoisotopic (exact) mass is 365 g/mol. The molecule has 26 heavy (non-hydrogen) atoms. The van der Waals surface area contributed by atoms with E-state index in [0.29, 0.717) is 23.9 Å². The van der Waals surface area contributed by atoms with Gasteiger partial charge in [-0.05, 0) is 20.1 Å². The Bertz CT molecular complexity index is 987. The molecule has 0 amide bonds. The van der Waals surface area contributed by atoms with Crippen LogP contribution in [0, 0.1) is 13.8 Å². The van der Waals surface area contributed by atoms with Gasteiger partial charge in [-0.15, -0.1) is 11.8 Å². The number of aliphatic hydroxyl groups excluding tert-OH is 1. The minimum absolute atomic E-state index is 0.0643. The summed E-state index contributed by atoms with van der Waals surface area (Å²) in [6.07, 6.45) is 4.35. The largest absolute Gasteiger partial charge is 0.436 e. The maximum absolute atomic E-state index is 9.64. The normalized spacial score (nSPS) is 12.3. The molecule has 0 atom stereocenters. The summed E-state index contributed by atoms with van der Waals surface area (Å²) in [5.74, 6) is 1.93. The second-order valence-corrected chi connectivity index (χ2v) is 7.11. The average Bonchev–Trinajstić information content (AvgIpc) is 2.67. The van der Waals surface area contributed by atoms with Crippen molar-refractivity contribution < 1.29 is 9.84 Å². The van der Waals surface area contributed by atoms with Crippen LogP contribution in [0.1, 0.15) is 27.9 Å². The molecule has 1 aliphatic rings. The number of hydrogen-bond donors (Lipinski definition) is 1. The van der Waals surface area contributed by atoms with Crippen LogP contribution in [0.5, 0.6) is 11.6 Å². The molecule has 132 valence electrons. The molecule has 3 heterocycles. The van der Waals surface area contributed by atoms with Gasteiger partial charge in [0.05, 0.1) is 17.9 Å². The van der Waals surface area contributed by atoms with Gasteiger partial charge in [-0.2, -0.15) is 4.98 Å². The first-order chi connectivity index (χ1) is 12.6. The van der Waals surface area contributed by atoms with Crippen molar-refractivity contribution >= 4 is 11.8 Å². The Kier molecular flexibility index (Phi) is 4.38. The molecule has 0 fully saturated rings. The van der Waals surface area contributed by atoms with Gasteiger partial charge in [0.2, 0.25) is 5.88 Å². The molecule has 0 bridgehead atoms. The van der Waals surface area contributed by atoms with Gasteiger partial charge in [-0.25, -0.2) is 4.98 Å². The van der Waals surface area contributed by atoms with Crippen LogP contribution in [0.15, 0.2) is 35.5 Å². The number of pyridine rings is 1. The maximum Gasteiger partial charge on any atom is 0.227 e. The molecule has 3 aromatic rings. The van der Waals surface area contributed by atoms with Crippen LogP contribution in [-0.4, -0.2) is 26.3 Å². The molecule has 5 nitrogen and oxygen atoms in total. The number of ether oxygens (including phenoxy) is 1. The summed E-state index contributed by atoms with van der Waals surface area (Å²) in [6.45, 7) is 3.90. The fourth-order valence-corrected chi connectivity index (χ4v) is 3.68. The summed E-state index contributed by atoms with van der Waals surface area (Å²) in [6, 6.07) is 8.15. The molecule has 1 N–H and O–H groups in total. The van der Waals surface area contributed by atoms with E-state index in [4.69, 9.17) is 9.72 Å². The molecule has 1 aliphatic heterocycles. The van der Waals surface area contributed by atoms with E-state index >= 15 is 0 Å². The molecule has 0 aliphatic carbocycles. The minimum atomic E-state index is -0.0643. The quantitative estimate of drug-likeness (QED) is 0.436. The molecule has 0 saturated heterocycles. The van der Waals surface area contributed by atoms with Gasteiger partial charge in [-0.3, -0.25) is 4.98 Å². The number of nitrogens with zero attached hydrogens (tertiary/aromatic N) is 3. The van der Waals surface area contributed by atoms with Crippen LogP contribution in [0.3, 0.4) is 0 Å². The number of aryl methyl sites for hydroxylation is 2. The van der Waals surface area contributed by atoms with E-state index < -0.39 is 0 Å². The first-order valence-corrected chi connectivity index (χ1v) is 9.61. The number of aromatic nitrogens is 3. The van der Waals surface area contributed by atoms with Gasteiger partial charge in [0, 0.05) is 29.3 Å². The molecule has 0 saturated carbocycles. The van der Waals surface area contributed by atoms with E-state index in [1.54, 1.807) is 18.0 Å². The van der Waals surface area contributed by atoms with Gasteiger partial charge < -0.3 is 9.84 Å². The van der Waals surface area contributed by atoms with E-state index in [2.05, 4.69) is 29.0 Å². The topological polar surface area (TPSA) is 68.1 Å². The van der Waals surface area contributed by atoms with Crippen LogP contribution in [0.25, 0.3) is 11.4 Å². The Balaban J connectivity index is 1.85. The van der Waals surface area contributed by atoms with Crippen molar-refractivity contribution in [1.82, 2.24) is 15.0 Å². The SMILES string of the molecule is CSc1nc(-c2ccc(C)cc2)nc2c1Cc1c(CO)cnc(C)c1O2. The molecular weight excluding hydrogens is 346 g/mol. The second kappa shape index (κ2) is 6.70. The van der Waals surface area contributed by atoms with Crippen LogP contribution < -0.4 is 4.74 Å². The number of rotatable bonds is 3. The van der Waals surface area contributed by atoms with Crippen LogP contribution in [0.4, 0.5) is 0 Å². The lowest BCUT2D eigenvalue weighted by Crippen LogP contribution is -2.13. The predicted molar refractivity (Wildman–Crippen MR) is 102 cm³/mol. The summed E-state index contributed by atoms with van der Waals surface area (Å²) in [4.78, 5) is 13.8. The number of thioether (sulfide) groups is 1. The van der Waals surface area contributed by atoms with Crippen molar-refractivity contribution in [3.05, 3.63) is 58.4 Å². The second-order valence-electron chi connectivity index (χ2n) is 6.32. The van der Waals surface area contributed by atoms with E-state index in [1.165, 1.54) is 5.56 Å². The molecule has 2 aromatic heterocycles. The van der Waals surface area contributed by atoms with Gasteiger partial charge >= 0.3 is 0 Å². The zero-order valence-electron chi connectivity index (χ0n) is 14.9. The minimum Gasteiger partial charge on any atom is -0.436 e. The smallest absolute Gasteiger partial charge is 0.227 e. The Morgan fingerprint density at radius 1 is 1.12 bits per heavy atom. The van der Waals surface area contributed by atoms with Gasteiger partial charge in [0.25, 0.3) is 0 Å². The summed E-state index contributed by atoms with van der Waals surface area (Å²) < 4.78 is 6.14. The zero-order chi connectivity index (χ0) is 18.3. The van der Waals surface area contributed by atoms with E-state index in [0.717, 1.165) is 33.0 Å². The van der Waals surface area contributed by atoms with Crippen molar-refractivity contribution in [2.45, 2.75) is 31.9 Å². The van der Waals surface area contributed by atoms with E-state index in [1.807, 2.05) is 25.3 Å². The van der Waals surface area contributed by atoms with Gasteiger partial charge in [0.15, 0.2) is 11.6 Å². The lowest BCUT2D eigenvalue weighted by molar-refractivity contribution is 0.278. The Hall–Kier alpha value is -2.44. The van der Waals surface area contributed by atoms with Crippen molar-refractivity contribution in [3.63, 3.8) is 0 Å². The fourth-order valence-electron chi connectivity index (χ4n) is 3.09. The van der Waals surface area contributed by atoms with Crippen LogP contribution in [0.2, 0.25) is 0 Å². The van der Waals surface area contributed by atoms with Crippen molar-refractivity contribution in [1.29, 1.82) is 0 Å². The number of benzene rings is 1. The Morgan fingerprint density at radius 2 is 1.88 bits per heavy atom. The Labute approximate surface area is 156 Å². The van der Waals surface area contributed by atoms with E-state index in [9.17, 15) is 5.11 Å². The van der Waals surface area contributed by atoms with Crippen molar-refractivity contribution in [2.75, 3.05) is 6.26 Å². The summed E-state index contributed by atoms with van der Waals surface area (Å²) in [5.41, 5.74) is 5.66. The molecule has 6 heteroatoms. The standard InChI is InChI=1S/C20H19N3O2S/c1-11-4-6-13(7-5-11)18-22-19-16(20(23-18)26-3)8-15-14(10-24)9-21-12(2)17(15)25-19/h4-7,9,24H,8,10H2,1-3H3. The molecule has 4 rings (SSSR count). The highest BCUT2D eigenvalue weighted by molar-refractivity contribution is 7.98. The third-order valence-corrected chi connectivity index (χ3v) is 5.29. The lowest BCUT2D eigenvalue weighted by atomic mass is 9.99. The number of fused-ring (bicyclic) bond motifs is 2. The zero-order valence-corrected chi connectivity index (χ0v) is 15.7. The Morgan fingerprint density at radius 3 is 2.58 bits per heavy atom. The molecule has 0 unspecified atom stereocenters. The molecule has 0 spiro atoms. The molecule has 0 radical (unpaired) electrons. The lowest BCUT2D eigenvalue weighted by Gasteiger charge is -2.24. The third-order valence-electron chi connectivity index (χ3n) is 4.56. The average molecular weight is 365 g/mol. The molecular formula is C20H19N3O2S. The number of hydrogen-bond acceptors (Lipinski definition) is 6. The summed E-state index contributed by atoms with van der Waals surface area (Å²) in [7, 11) is 0. The van der Waals surface area contributed by atoms with Crippen molar-refractivity contribution in [2.24, 2.45) is 0 Å². The molecule has 1 aromatic carbocycles. The maximum atomic E-state index is 9.64. The third kappa shape index (κ3) is 2.85. The van der Waals surface area contributed by atoms with Gasteiger partial charge in [0.1, 0.15) is 5.03 Å². The first kappa shape index (κ1) is 17.0.